The van der Waals surface area contributed by atoms with Crippen LogP contribution in [0.15, 0.2) is 48.5 Å². The Balaban J connectivity index is 1.70. The number of hydrogen-bond donors (Lipinski definition) is 2. The van der Waals surface area contributed by atoms with E-state index in [9.17, 15) is 9.59 Å². The third-order valence-electron chi connectivity index (χ3n) is 4.42. The normalized spacial score (nSPS) is 11.0. The van der Waals surface area contributed by atoms with Gasteiger partial charge >= 0.3 is 0 Å². The summed E-state index contributed by atoms with van der Waals surface area (Å²) in [7, 11) is 0. The van der Waals surface area contributed by atoms with Gasteiger partial charge in [0, 0.05) is 22.0 Å². The number of rotatable bonds is 3. The number of aryl methyl sites for hydroxylation is 1. The number of anilines is 2. The van der Waals surface area contributed by atoms with Crippen molar-refractivity contribution in [1.82, 2.24) is 4.98 Å². The zero-order valence-electron chi connectivity index (χ0n) is 14.9. The minimum Gasteiger partial charge on any atom is -0.397 e. The fraction of sp³-hybridized carbons (Fsp3) is 0.0952. The van der Waals surface area contributed by atoms with Gasteiger partial charge in [-0.05, 0) is 56.3 Å². The molecule has 134 valence electrons. The predicted octanol–water partition coefficient (Wildman–Crippen LogP) is 4.80. The first kappa shape index (κ1) is 17.2. The van der Waals surface area contributed by atoms with E-state index >= 15 is 0 Å². The third kappa shape index (κ3) is 3.15. The SMILES string of the molecule is CC(=O)c1ccc(NC(=O)c2sc3nc4ccc(C)cc4cc3c2N)cc1. The number of nitrogens with two attached hydrogens (primary N) is 1. The Morgan fingerprint density at radius 3 is 2.52 bits per heavy atom. The molecule has 0 aliphatic heterocycles. The van der Waals surface area contributed by atoms with Crippen LogP contribution >= 0.6 is 11.3 Å². The zero-order chi connectivity index (χ0) is 19.1. The van der Waals surface area contributed by atoms with Crippen molar-refractivity contribution >= 4 is 55.5 Å². The molecule has 0 radical (unpaired) electrons. The second kappa shape index (κ2) is 6.48. The predicted molar refractivity (Wildman–Crippen MR) is 111 cm³/mol. The largest absolute Gasteiger partial charge is 0.397 e. The van der Waals surface area contributed by atoms with E-state index < -0.39 is 0 Å². The molecule has 6 heteroatoms. The van der Waals surface area contributed by atoms with Gasteiger partial charge in [0.2, 0.25) is 0 Å². The summed E-state index contributed by atoms with van der Waals surface area (Å²) >= 11 is 1.28. The maximum Gasteiger partial charge on any atom is 0.267 e. The summed E-state index contributed by atoms with van der Waals surface area (Å²) in [6, 6.07) is 14.8. The first-order valence-electron chi connectivity index (χ1n) is 8.44. The fourth-order valence-electron chi connectivity index (χ4n) is 2.97. The van der Waals surface area contributed by atoms with Crippen LogP contribution in [-0.2, 0) is 0 Å². The monoisotopic (exact) mass is 375 g/mol. The highest BCUT2D eigenvalue weighted by Crippen LogP contribution is 2.35. The molecule has 27 heavy (non-hydrogen) atoms. The lowest BCUT2D eigenvalue weighted by atomic mass is 10.1. The Kier molecular flexibility index (Phi) is 4.12. The number of thiophene rings is 1. The highest BCUT2D eigenvalue weighted by Gasteiger charge is 2.18. The van der Waals surface area contributed by atoms with E-state index in [1.807, 2.05) is 25.1 Å². The molecule has 0 spiro atoms. The topological polar surface area (TPSA) is 85.1 Å². The van der Waals surface area contributed by atoms with Gasteiger partial charge in [-0.1, -0.05) is 11.6 Å². The van der Waals surface area contributed by atoms with Crippen molar-refractivity contribution in [3.63, 3.8) is 0 Å². The molecule has 2 aromatic heterocycles. The second-order valence-electron chi connectivity index (χ2n) is 6.47. The quantitative estimate of drug-likeness (QED) is 0.504. The van der Waals surface area contributed by atoms with E-state index in [0.29, 0.717) is 21.8 Å². The summed E-state index contributed by atoms with van der Waals surface area (Å²) < 4.78 is 0. The minimum atomic E-state index is -0.286. The molecule has 2 heterocycles. The number of fused-ring (bicyclic) bond motifs is 2. The molecule has 1 amide bonds. The Labute approximate surface area is 159 Å². The summed E-state index contributed by atoms with van der Waals surface area (Å²) in [5.41, 5.74) is 9.91. The van der Waals surface area contributed by atoms with Gasteiger partial charge in [0.25, 0.3) is 5.91 Å². The molecule has 0 atom stereocenters. The number of nitrogens with one attached hydrogen (secondary N) is 1. The van der Waals surface area contributed by atoms with E-state index in [4.69, 9.17) is 5.73 Å². The van der Waals surface area contributed by atoms with Crippen molar-refractivity contribution in [3.05, 3.63) is 64.5 Å². The molecule has 0 saturated heterocycles. The molecule has 0 bridgehead atoms. The van der Waals surface area contributed by atoms with Crippen molar-refractivity contribution in [2.24, 2.45) is 0 Å². The lowest BCUT2D eigenvalue weighted by Crippen LogP contribution is -2.12. The van der Waals surface area contributed by atoms with Crippen molar-refractivity contribution in [2.45, 2.75) is 13.8 Å². The van der Waals surface area contributed by atoms with Gasteiger partial charge in [0.15, 0.2) is 5.78 Å². The lowest BCUT2D eigenvalue weighted by molar-refractivity contribution is 0.101. The maximum absolute atomic E-state index is 12.7. The second-order valence-corrected chi connectivity index (χ2v) is 7.47. The Morgan fingerprint density at radius 1 is 1.07 bits per heavy atom. The van der Waals surface area contributed by atoms with Gasteiger partial charge in [-0.25, -0.2) is 4.98 Å². The van der Waals surface area contributed by atoms with E-state index in [1.54, 1.807) is 24.3 Å². The van der Waals surface area contributed by atoms with Crippen LogP contribution in [0, 0.1) is 6.92 Å². The third-order valence-corrected chi connectivity index (χ3v) is 5.54. The average Bonchev–Trinajstić information content (AvgIpc) is 2.96. The lowest BCUT2D eigenvalue weighted by Gasteiger charge is -2.05. The molecule has 0 aliphatic carbocycles. The first-order valence-corrected chi connectivity index (χ1v) is 9.26. The number of nitrogen functional groups attached to an aromatic ring is 1. The van der Waals surface area contributed by atoms with Crippen LogP contribution in [0.1, 0.15) is 32.5 Å². The van der Waals surface area contributed by atoms with Crippen molar-refractivity contribution < 1.29 is 9.59 Å². The standard InChI is InChI=1S/C21H17N3O2S/c1-11-3-8-17-14(9-11)10-16-18(22)19(27-21(16)24-17)20(26)23-15-6-4-13(5-7-15)12(2)25/h3-10H,22H2,1-2H3,(H,23,26). The number of aromatic nitrogens is 1. The van der Waals surface area contributed by atoms with Gasteiger partial charge in [-0.2, -0.15) is 0 Å². The van der Waals surface area contributed by atoms with Crippen LogP contribution in [-0.4, -0.2) is 16.7 Å². The summed E-state index contributed by atoms with van der Waals surface area (Å²) in [5.74, 6) is -0.304. The summed E-state index contributed by atoms with van der Waals surface area (Å²) in [6.45, 7) is 3.53. The molecule has 2 aromatic carbocycles. The van der Waals surface area contributed by atoms with Gasteiger partial charge in [0.05, 0.1) is 11.2 Å². The Bertz CT molecular complexity index is 1210. The number of pyridine rings is 1. The minimum absolute atomic E-state index is 0.0185. The van der Waals surface area contributed by atoms with E-state index in [1.165, 1.54) is 18.3 Å². The van der Waals surface area contributed by atoms with Gasteiger partial charge < -0.3 is 11.1 Å². The number of amides is 1. The number of nitrogens with zero attached hydrogens (tertiary/aromatic N) is 1. The maximum atomic E-state index is 12.7. The van der Waals surface area contributed by atoms with E-state index in [2.05, 4.69) is 16.4 Å². The first-order chi connectivity index (χ1) is 12.9. The molecule has 5 nitrogen and oxygen atoms in total. The highest BCUT2D eigenvalue weighted by molar-refractivity contribution is 7.21. The van der Waals surface area contributed by atoms with Gasteiger partial charge in [-0.15, -0.1) is 11.3 Å². The zero-order valence-corrected chi connectivity index (χ0v) is 15.7. The number of ketones is 1. The van der Waals surface area contributed by atoms with Gasteiger partial charge in [-0.3, -0.25) is 9.59 Å². The fourth-order valence-corrected chi connectivity index (χ4v) is 3.95. The Morgan fingerprint density at radius 2 is 1.81 bits per heavy atom. The summed E-state index contributed by atoms with van der Waals surface area (Å²) in [4.78, 5) is 29.9. The summed E-state index contributed by atoms with van der Waals surface area (Å²) in [6.07, 6.45) is 0. The van der Waals surface area contributed by atoms with Crippen LogP contribution in [0.4, 0.5) is 11.4 Å². The molecule has 4 aromatic rings. The molecular formula is C21H17N3O2S. The molecule has 4 rings (SSSR count). The molecule has 0 saturated carbocycles. The van der Waals surface area contributed by atoms with E-state index in [-0.39, 0.29) is 11.7 Å². The number of benzene rings is 2. The van der Waals surface area contributed by atoms with Crippen molar-refractivity contribution in [2.75, 3.05) is 11.1 Å². The van der Waals surface area contributed by atoms with Crippen LogP contribution < -0.4 is 11.1 Å². The van der Waals surface area contributed by atoms with Crippen LogP contribution in [0.2, 0.25) is 0 Å². The van der Waals surface area contributed by atoms with Gasteiger partial charge in [0.1, 0.15) is 9.71 Å². The van der Waals surface area contributed by atoms with Crippen LogP contribution in [0.5, 0.6) is 0 Å². The summed E-state index contributed by atoms with van der Waals surface area (Å²) in [5, 5.41) is 4.62. The van der Waals surface area contributed by atoms with E-state index in [0.717, 1.165) is 26.7 Å². The molecular weight excluding hydrogens is 358 g/mol. The molecule has 0 fully saturated rings. The molecule has 0 aliphatic rings. The van der Waals surface area contributed by atoms with Crippen molar-refractivity contribution in [3.8, 4) is 0 Å². The Hall–Kier alpha value is -3.25. The molecule has 3 N–H and O–H groups in total. The van der Waals surface area contributed by atoms with Crippen LogP contribution in [0.3, 0.4) is 0 Å². The molecule has 0 unspecified atom stereocenters. The average molecular weight is 375 g/mol. The van der Waals surface area contributed by atoms with Crippen LogP contribution in [0.25, 0.3) is 21.1 Å². The number of hydrogen-bond acceptors (Lipinski definition) is 5. The number of carbonyl (C=O) groups excluding carboxylic acids is 2. The number of carbonyl (C=O) groups is 2. The number of Topliss-reactive ketones (excluding diaryl/α,β-unsaturated/α-hetero) is 1. The smallest absolute Gasteiger partial charge is 0.267 e. The van der Waals surface area contributed by atoms with Crippen molar-refractivity contribution in [1.29, 1.82) is 0 Å². The highest BCUT2D eigenvalue weighted by atomic mass is 32.1.